The molecule has 1 N–H and O–H groups in total. The third kappa shape index (κ3) is 1.86. The summed E-state index contributed by atoms with van der Waals surface area (Å²) in [5.41, 5.74) is 2.17. The van der Waals surface area contributed by atoms with Crippen LogP contribution >= 0.6 is 0 Å². The predicted octanol–water partition coefficient (Wildman–Crippen LogP) is 1.02. The number of aryl methyl sites for hydroxylation is 2. The van der Waals surface area contributed by atoms with E-state index in [0.29, 0.717) is 0 Å². The van der Waals surface area contributed by atoms with E-state index in [1.807, 2.05) is 38.0 Å². The van der Waals surface area contributed by atoms with E-state index in [0.717, 1.165) is 23.9 Å². The highest BCUT2D eigenvalue weighted by molar-refractivity contribution is 5.28. The zero-order chi connectivity index (χ0) is 10.8. The van der Waals surface area contributed by atoms with Crippen LogP contribution < -0.4 is 5.32 Å². The van der Waals surface area contributed by atoms with Crippen molar-refractivity contribution in [2.45, 2.75) is 13.5 Å². The second-order valence-corrected chi connectivity index (χ2v) is 3.53. The fourth-order valence-corrected chi connectivity index (χ4v) is 1.60. The Balaban J connectivity index is 2.27. The van der Waals surface area contributed by atoms with Gasteiger partial charge in [0.05, 0.1) is 17.9 Å². The Morgan fingerprint density at radius 3 is 2.87 bits per heavy atom. The van der Waals surface area contributed by atoms with Gasteiger partial charge < -0.3 is 9.88 Å². The van der Waals surface area contributed by atoms with Crippen molar-refractivity contribution in [1.82, 2.24) is 19.3 Å². The summed E-state index contributed by atoms with van der Waals surface area (Å²) in [5.74, 6) is 0.883. The molecule has 0 spiro atoms. The van der Waals surface area contributed by atoms with Crippen molar-refractivity contribution in [1.29, 1.82) is 0 Å². The van der Waals surface area contributed by atoms with E-state index in [2.05, 4.69) is 20.0 Å². The zero-order valence-electron chi connectivity index (χ0n) is 9.23. The van der Waals surface area contributed by atoms with E-state index in [-0.39, 0.29) is 0 Å². The Kier molecular flexibility index (Phi) is 2.45. The number of hydrogen-bond donors (Lipinski definition) is 1. The van der Waals surface area contributed by atoms with Crippen LogP contribution in [0.1, 0.15) is 11.4 Å². The summed E-state index contributed by atoms with van der Waals surface area (Å²) >= 11 is 0. The molecule has 0 unspecified atom stereocenters. The summed E-state index contributed by atoms with van der Waals surface area (Å²) in [7, 11) is 3.82. The molecule has 2 aromatic rings. The van der Waals surface area contributed by atoms with Gasteiger partial charge >= 0.3 is 0 Å². The van der Waals surface area contributed by atoms with Crippen LogP contribution in [0.4, 0.5) is 5.95 Å². The lowest BCUT2D eigenvalue weighted by Crippen LogP contribution is -2.07. The first kappa shape index (κ1) is 9.76. The van der Waals surface area contributed by atoms with Crippen molar-refractivity contribution < 1.29 is 0 Å². The lowest BCUT2D eigenvalue weighted by molar-refractivity contribution is 0.669. The van der Waals surface area contributed by atoms with Crippen molar-refractivity contribution in [2.24, 2.45) is 7.05 Å². The van der Waals surface area contributed by atoms with Crippen LogP contribution in [0.25, 0.3) is 0 Å². The number of nitrogens with zero attached hydrogens (tertiary/aromatic N) is 4. The van der Waals surface area contributed by atoms with Gasteiger partial charge in [-0.3, -0.25) is 4.68 Å². The summed E-state index contributed by atoms with van der Waals surface area (Å²) in [6.45, 7) is 2.77. The van der Waals surface area contributed by atoms with Gasteiger partial charge in [-0.1, -0.05) is 0 Å². The van der Waals surface area contributed by atoms with Crippen LogP contribution in [0.5, 0.6) is 0 Å². The van der Waals surface area contributed by atoms with Gasteiger partial charge in [-0.05, 0) is 13.0 Å². The highest BCUT2D eigenvalue weighted by atomic mass is 15.3. The van der Waals surface area contributed by atoms with Gasteiger partial charge in [-0.25, -0.2) is 4.98 Å². The molecule has 2 rings (SSSR count). The Morgan fingerprint density at radius 1 is 1.47 bits per heavy atom. The van der Waals surface area contributed by atoms with Crippen LogP contribution in [0.15, 0.2) is 18.5 Å². The Labute approximate surface area is 88.7 Å². The monoisotopic (exact) mass is 205 g/mol. The van der Waals surface area contributed by atoms with Crippen LogP contribution in [0.2, 0.25) is 0 Å². The second-order valence-electron chi connectivity index (χ2n) is 3.53. The highest BCUT2D eigenvalue weighted by Gasteiger charge is 2.06. The van der Waals surface area contributed by atoms with Gasteiger partial charge in [0.1, 0.15) is 0 Å². The maximum atomic E-state index is 4.36. The predicted molar refractivity (Wildman–Crippen MR) is 58.8 cm³/mol. The molecule has 0 aromatic carbocycles. The van der Waals surface area contributed by atoms with E-state index in [4.69, 9.17) is 0 Å². The molecule has 0 atom stereocenters. The molecular weight excluding hydrogens is 190 g/mol. The lowest BCUT2D eigenvalue weighted by Gasteiger charge is -2.06. The van der Waals surface area contributed by atoms with E-state index >= 15 is 0 Å². The zero-order valence-corrected chi connectivity index (χ0v) is 9.23. The lowest BCUT2D eigenvalue weighted by atomic mass is 10.4. The van der Waals surface area contributed by atoms with Crippen molar-refractivity contribution in [3.8, 4) is 0 Å². The van der Waals surface area contributed by atoms with E-state index in [9.17, 15) is 0 Å². The van der Waals surface area contributed by atoms with Gasteiger partial charge in [-0.2, -0.15) is 5.10 Å². The highest BCUT2D eigenvalue weighted by Crippen LogP contribution is 2.10. The fourth-order valence-electron chi connectivity index (χ4n) is 1.60. The molecule has 0 aliphatic carbocycles. The molecule has 0 radical (unpaired) electrons. The van der Waals surface area contributed by atoms with E-state index in [1.54, 1.807) is 6.20 Å². The van der Waals surface area contributed by atoms with Gasteiger partial charge in [-0.15, -0.1) is 0 Å². The first-order chi connectivity index (χ1) is 7.20. The van der Waals surface area contributed by atoms with Crippen molar-refractivity contribution in [3.63, 3.8) is 0 Å². The molecule has 2 aromatic heterocycles. The minimum absolute atomic E-state index is 0.785. The van der Waals surface area contributed by atoms with Crippen LogP contribution in [0, 0.1) is 6.92 Å². The van der Waals surface area contributed by atoms with E-state index < -0.39 is 0 Å². The average Bonchev–Trinajstić information content (AvgIpc) is 2.75. The van der Waals surface area contributed by atoms with Gasteiger partial charge in [0.25, 0.3) is 0 Å². The maximum Gasteiger partial charge on any atom is 0.203 e. The summed E-state index contributed by atoms with van der Waals surface area (Å²) in [4.78, 5) is 4.36. The first-order valence-corrected chi connectivity index (χ1v) is 4.89. The molecule has 0 saturated carbocycles. The van der Waals surface area contributed by atoms with Crippen molar-refractivity contribution in [2.75, 3.05) is 12.4 Å². The second kappa shape index (κ2) is 3.76. The third-order valence-electron chi connectivity index (χ3n) is 2.38. The minimum Gasteiger partial charge on any atom is -0.359 e. The quantitative estimate of drug-likeness (QED) is 0.813. The normalized spacial score (nSPS) is 10.6. The number of hydrogen-bond acceptors (Lipinski definition) is 3. The molecule has 15 heavy (non-hydrogen) atoms. The summed E-state index contributed by atoms with van der Waals surface area (Å²) in [5, 5.41) is 7.21. The standard InChI is InChI=1S/C10H15N5/c1-8-6-15(10(11-2)13-8)7-9-4-5-12-14(9)3/h4-6H,7H2,1-3H3,(H,11,13). The average molecular weight is 205 g/mol. The molecule has 5 heteroatoms. The Hall–Kier alpha value is -1.78. The molecule has 2 heterocycles. The number of imidazole rings is 1. The maximum absolute atomic E-state index is 4.36. The molecule has 5 nitrogen and oxygen atoms in total. The molecule has 0 saturated heterocycles. The molecule has 0 bridgehead atoms. The molecular formula is C10H15N5. The Morgan fingerprint density at radius 2 is 2.27 bits per heavy atom. The minimum atomic E-state index is 0.785. The van der Waals surface area contributed by atoms with E-state index in [1.165, 1.54) is 0 Å². The topological polar surface area (TPSA) is 47.7 Å². The molecule has 0 aliphatic rings. The number of anilines is 1. The van der Waals surface area contributed by atoms with Crippen LogP contribution in [-0.4, -0.2) is 26.4 Å². The molecule has 0 amide bonds. The SMILES string of the molecule is CNc1nc(C)cn1Cc1ccnn1C. The molecule has 0 aliphatic heterocycles. The third-order valence-corrected chi connectivity index (χ3v) is 2.38. The molecule has 80 valence electrons. The smallest absolute Gasteiger partial charge is 0.203 e. The molecule has 0 fully saturated rings. The number of nitrogens with one attached hydrogen (secondary N) is 1. The number of aromatic nitrogens is 4. The van der Waals surface area contributed by atoms with Crippen LogP contribution in [0.3, 0.4) is 0 Å². The first-order valence-electron chi connectivity index (χ1n) is 4.89. The van der Waals surface area contributed by atoms with Crippen LogP contribution in [-0.2, 0) is 13.6 Å². The van der Waals surface area contributed by atoms with Crippen molar-refractivity contribution in [3.05, 3.63) is 29.8 Å². The fraction of sp³-hybridized carbons (Fsp3) is 0.400. The van der Waals surface area contributed by atoms with Gasteiger partial charge in [0.15, 0.2) is 0 Å². The largest absolute Gasteiger partial charge is 0.359 e. The Bertz CT molecular complexity index is 454. The van der Waals surface area contributed by atoms with Gasteiger partial charge in [0, 0.05) is 26.5 Å². The summed E-state index contributed by atoms with van der Waals surface area (Å²) in [6.07, 6.45) is 3.83. The summed E-state index contributed by atoms with van der Waals surface area (Å²) in [6, 6.07) is 2.01. The van der Waals surface area contributed by atoms with Gasteiger partial charge in [0.2, 0.25) is 5.95 Å². The van der Waals surface area contributed by atoms with Crippen molar-refractivity contribution >= 4 is 5.95 Å². The number of rotatable bonds is 3. The summed E-state index contributed by atoms with van der Waals surface area (Å²) < 4.78 is 3.95.